The highest BCUT2D eigenvalue weighted by molar-refractivity contribution is 5.33. The van der Waals surface area contributed by atoms with Crippen molar-refractivity contribution in [3.05, 3.63) is 29.8 Å². The zero-order chi connectivity index (χ0) is 13.1. The van der Waals surface area contributed by atoms with Crippen LogP contribution in [0.5, 0.6) is 5.75 Å². The summed E-state index contributed by atoms with van der Waals surface area (Å²) in [7, 11) is 0. The van der Waals surface area contributed by atoms with Crippen LogP contribution in [-0.2, 0) is 6.54 Å². The first kappa shape index (κ1) is 12.9. The minimum Gasteiger partial charge on any atom is -0.492 e. The quantitative estimate of drug-likeness (QED) is 0.887. The Hall–Kier alpha value is -1.06. The molecule has 0 bridgehead atoms. The van der Waals surface area contributed by atoms with E-state index in [0.29, 0.717) is 6.04 Å². The van der Waals surface area contributed by atoms with Gasteiger partial charge in [0.15, 0.2) is 0 Å². The Morgan fingerprint density at radius 1 is 1.16 bits per heavy atom. The van der Waals surface area contributed by atoms with Crippen LogP contribution in [0.4, 0.5) is 0 Å². The summed E-state index contributed by atoms with van der Waals surface area (Å²) in [6.45, 7) is 4.07. The molecule has 3 nitrogen and oxygen atoms in total. The van der Waals surface area contributed by atoms with Gasteiger partial charge in [0.05, 0.1) is 0 Å². The first-order valence-electron chi connectivity index (χ1n) is 7.50. The average Bonchev–Trinajstić information content (AvgIpc) is 2.63. The van der Waals surface area contributed by atoms with E-state index in [1.165, 1.54) is 37.8 Å². The van der Waals surface area contributed by atoms with Gasteiger partial charge >= 0.3 is 0 Å². The number of hydrogen-bond acceptors (Lipinski definition) is 3. The standard InChI is InChI=1S/C16H24N2O/c17-15-7-5-13(6-8-15)11-18-9-10-19-16-4-2-1-3-14(16)12-18/h1-4,13,15H,5-12,17H2. The molecule has 1 aliphatic carbocycles. The summed E-state index contributed by atoms with van der Waals surface area (Å²) in [5, 5.41) is 0. The molecule has 0 aromatic heterocycles. The van der Waals surface area contributed by atoms with Crippen LogP contribution in [0.1, 0.15) is 31.2 Å². The summed E-state index contributed by atoms with van der Waals surface area (Å²) < 4.78 is 5.82. The number of hydrogen-bond donors (Lipinski definition) is 1. The molecule has 0 unspecified atom stereocenters. The molecule has 3 heteroatoms. The van der Waals surface area contributed by atoms with E-state index < -0.39 is 0 Å². The molecule has 0 atom stereocenters. The molecule has 1 aromatic carbocycles. The first-order valence-corrected chi connectivity index (χ1v) is 7.50. The first-order chi connectivity index (χ1) is 9.31. The van der Waals surface area contributed by atoms with Crippen molar-refractivity contribution in [2.75, 3.05) is 19.7 Å². The zero-order valence-electron chi connectivity index (χ0n) is 11.6. The third kappa shape index (κ3) is 3.28. The summed E-state index contributed by atoms with van der Waals surface area (Å²) in [6.07, 6.45) is 4.98. The van der Waals surface area contributed by atoms with E-state index in [9.17, 15) is 0 Å². The fourth-order valence-corrected chi connectivity index (χ4v) is 3.27. The van der Waals surface area contributed by atoms with Gasteiger partial charge in [0.25, 0.3) is 0 Å². The highest BCUT2D eigenvalue weighted by atomic mass is 16.5. The largest absolute Gasteiger partial charge is 0.492 e. The third-order valence-electron chi connectivity index (χ3n) is 4.44. The summed E-state index contributed by atoms with van der Waals surface area (Å²) in [6, 6.07) is 8.87. The number of nitrogens with two attached hydrogens (primary N) is 1. The Labute approximate surface area is 115 Å². The number of benzene rings is 1. The fourth-order valence-electron chi connectivity index (χ4n) is 3.27. The van der Waals surface area contributed by atoms with Crippen molar-refractivity contribution in [1.82, 2.24) is 4.90 Å². The molecule has 0 amide bonds. The summed E-state index contributed by atoms with van der Waals surface area (Å²) in [5.41, 5.74) is 7.31. The lowest BCUT2D eigenvalue weighted by atomic mass is 9.86. The van der Waals surface area contributed by atoms with Crippen LogP contribution in [0.3, 0.4) is 0 Å². The Bertz CT molecular complexity index is 413. The van der Waals surface area contributed by atoms with Crippen LogP contribution < -0.4 is 10.5 Å². The maximum absolute atomic E-state index is 5.98. The van der Waals surface area contributed by atoms with Crippen molar-refractivity contribution in [2.45, 2.75) is 38.3 Å². The molecule has 2 N–H and O–H groups in total. The van der Waals surface area contributed by atoms with Gasteiger partial charge in [0.2, 0.25) is 0 Å². The number of rotatable bonds is 2. The van der Waals surface area contributed by atoms with Crippen molar-refractivity contribution in [3.8, 4) is 5.75 Å². The van der Waals surface area contributed by atoms with E-state index in [0.717, 1.165) is 31.4 Å². The second-order valence-electron chi connectivity index (χ2n) is 5.97. The van der Waals surface area contributed by atoms with Gasteiger partial charge in [0.1, 0.15) is 12.4 Å². The van der Waals surface area contributed by atoms with Crippen molar-refractivity contribution in [1.29, 1.82) is 0 Å². The van der Waals surface area contributed by atoms with E-state index in [1.807, 2.05) is 0 Å². The fraction of sp³-hybridized carbons (Fsp3) is 0.625. The zero-order valence-corrected chi connectivity index (χ0v) is 11.6. The van der Waals surface area contributed by atoms with Gasteiger partial charge in [-0.05, 0) is 37.7 Å². The molecule has 19 heavy (non-hydrogen) atoms. The lowest BCUT2D eigenvalue weighted by molar-refractivity contribution is 0.173. The van der Waals surface area contributed by atoms with Gasteiger partial charge in [-0.1, -0.05) is 18.2 Å². The van der Waals surface area contributed by atoms with Crippen molar-refractivity contribution < 1.29 is 4.74 Å². The van der Waals surface area contributed by atoms with Gasteiger partial charge < -0.3 is 10.5 Å². The Morgan fingerprint density at radius 2 is 1.95 bits per heavy atom. The van der Waals surface area contributed by atoms with E-state index in [4.69, 9.17) is 10.5 Å². The van der Waals surface area contributed by atoms with E-state index in [-0.39, 0.29) is 0 Å². The predicted octanol–water partition coefficient (Wildman–Crippen LogP) is 2.40. The Balaban J connectivity index is 1.60. The molecule has 0 saturated heterocycles. The van der Waals surface area contributed by atoms with Gasteiger partial charge in [-0.15, -0.1) is 0 Å². The van der Waals surface area contributed by atoms with Gasteiger partial charge in [-0.2, -0.15) is 0 Å². The topological polar surface area (TPSA) is 38.5 Å². The maximum Gasteiger partial charge on any atom is 0.123 e. The molecule has 0 spiro atoms. The molecule has 0 radical (unpaired) electrons. The van der Waals surface area contributed by atoms with Crippen LogP contribution in [0.25, 0.3) is 0 Å². The van der Waals surface area contributed by atoms with Crippen LogP contribution in [-0.4, -0.2) is 30.6 Å². The van der Waals surface area contributed by atoms with Crippen LogP contribution in [0.2, 0.25) is 0 Å². The predicted molar refractivity (Wildman–Crippen MR) is 77.1 cm³/mol. The molecule has 104 valence electrons. The molecule has 3 rings (SSSR count). The number of fused-ring (bicyclic) bond motifs is 1. The number of para-hydroxylation sites is 1. The van der Waals surface area contributed by atoms with E-state index in [2.05, 4.69) is 29.2 Å². The smallest absolute Gasteiger partial charge is 0.123 e. The normalized spacial score (nSPS) is 28.3. The van der Waals surface area contributed by atoms with Crippen LogP contribution in [0, 0.1) is 5.92 Å². The molecule has 1 heterocycles. The van der Waals surface area contributed by atoms with Gasteiger partial charge in [-0.3, -0.25) is 4.90 Å². The molecule has 2 aliphatic rings. The SMILES string of the molecule is NC1CCC(CN2CCOc3ccccc3C2)CC1. The number of ether oxygens (including phenoxy) is 1. The molecule has 1 fully saturated rings. The highest BCUT2D eigenvalue weighted by Crippen LogP contribution is 2.27. The van der Waals surface area contributed by atoms with Crippen molar-refractivity contribution in [3.63, 3.8) is 0 Å². The minimum absolute atomic E-state index is 0.449. The summed E-state index contributed by atoms with van der Waals surface area (Å²) in [5.74, 6) is 1.89. The lowest BCUT2D eigenvalue weighted by Gasteiger charge is -2.30. The van der Waals surface area contributed by atoms with Gasteiger partial charge in [0, 0.05) is 31.2 Å². The molecular weight excluding hydrogens is 236 g/mol. The molecular formula is C16H24N2O. The molecule has 1 aliphatic heterocycles. The van der Waals surface area contributed by atoms with Crippen LogP contribution in [0.15, 0.2) is 24.3 Å². The Kier molecular flexibility index (Phi) is 4.04. The van der Waals surface area contributed by atoms with Crippen molar-refractivity contribution >= 4 is 0 Å². The van der Waals surface area contributed by atoms with Gasteiger partial charge in [-0.25, -0.2) is 0 Å². The van der Waals surface area contributed by atoms with E-state index >= 15 is 0 Å². The molecule has 1 saturated carbocycles. The summed E-state index contributed by atoms with van der Waals surface area (Å²) >= 11 is 0. The molecule has 1 aromatic rings. The third-order valence-corrected chi connectivity index (χ3v) is 4.44. The lowest BCUT2D eigenvalue weighted by Crippen LogP contribution is -2.35. The van der Waals surface area contributed by atoms with E-state index in [1.54, 1.807) is 0 Å². The van der Waals surface area contributed by atoms with Crippen LogP contribution >= 0.6 is 0 Å². The highest BCUT2D eigenvalue weighted by Gasteiger charge is 2.22. The Morgan fingerprint density at radius 3 is 2.79 bits per heavy atom. The second-order valence-corrected chi connectivity index (χ2v) is 5.97. The maximum atomic E-state index is 5.98. The number of nitrogens with zero attached hydrogens (tertiary/aromatic N) is 1. The second kappa shape index (κ2) is 5.93. The monoisotopic (exact) mass is 260 g/mol. The minimum atomic E-state index is 0.449. The summed E-state index contributed by atoms with van der Waals surface area (Å²) in [4.78, 5) is 2.55. The average molecular weight is 260 g/mol. The van der Waals surface area contributed by atoms with Crippen molar-refractivity contribution in [2.24, 2.45) is 11.7 Å².